The van der Waals surface area contributed by atoms with Crippen LogP contribution in [0.1, 0.15) is 12.6 Å². The molecule has 4 heteroatoms. The van der Waals surface area contributed by atoms with Crippen molar-refractivity contribution in [1.82, 2.24) is 5.16 Å². The van der Waals surface area contributed by atoms with Crippen LogP contribution in [0.5, 0.6) is 0 Å². The number of hydrogen-bond acceptors (Lipinski definition) is 3. The number of anilines is 1. The molecule has 0 radical (unpaired) electrons. The van der Waals surface area contributed by atoms with Crippen molar-refractivity contribution >= 4 is 22.6 Å². The third-order valence-electron chi connectivity index (χ3n) is 1.97. The molecular formula is C10H10N2O2. The van der Waals surface area contributed by atoms with E-state index in [0.717, 1.165) is 16.8 Å². The van der Waals surface area contributed by atoms with E-state index in [1.54, 1.807) is 6.07 Å². The van der Waals surface area contributed by atoms with Crippen molar-refractivity contribution in [3.63, 3.8) is 0 Å². The Morgan fingerprint density at radius 1 is 1.50 bits per heavy atom. The van der Waals surface area contributed by atoms with Crippen molar-refractivity contribution in [3.05, 3.63) is 23.9 Å². The summed E-state index contributed by atoms with van der Waals surface area (Å²) in [5, 5.41) is 7.48. The van der Waals surface area contributed by atoms with E-state index in [2.05, 4.69) is 10.5 Å². The lowest BCUT2D eigenvalue weighted by atomic mass is 10.2. The highest BCUT2D eigenvalue weighted by Crippen LogP contribution is 2.21. The van der Waals surface area contributed by atoms with Crippen molar-refractivity contribution in [1.29, 1.82) is 0 Å². The summed E-state index contributed by atoms with van der Waals surface area (Å²) in [6.07, 6.45) is 0. The molecular weight excluding hydrogens is 180 g/mol. The molecule has 0 saturated carbocycles. The van der Waals surface area contributed by atoms with Gasteiger partial charge >= 0.3 is 0 Å². The standard InChI is InChI=1S/C10H10N2O2/c1-6-9-4-3-8(11-7(2)13)5-10(9)14-12-6/h3-5H,1-2H3,(H,11,13). The molecule has 0 aliphatic rings. The number of fused-ring (bicyclic) bond motifs is 1. The predicted octanol–water partition coefficient (Wildman–Crippen LogP) is 2.09. The minimum absolute atomic E-state index is 0.0967. The van der Waals surface area contributed by atoms with E-state index in [1.807, 2.05) is 19.1 Å². The quantitative estimate of drug-likeness (QED) is 0.749. The van der Waals surface area contributed by atoms with Crippen molar-refractivity contribution in [2.24, 2.45) is 0 Å². The Morgan fingerprint density at radius 3 is 3.00 bits per heavy atom. The molecule has 14 heavy (non-hydrogen) atoms. The van der Waals surface area contributed by atoms with Gasteiger partial charge < -0.3 is 9.84 Å². The van der Waals surface area contributed by atoms with Gasteiger partial charge in [-0.1, -0.05) is 5.16 Å². The average molecular weight is 190 g/mol. The molecule has 0 unspecified atom stereocenters. The number of rotatable bonds is 1. The molecule has 0 bridgehead atoms. The first-order valence-corrected chi connectivity index (χ1v) is 4.30. The minimum Gasteiger partial charge on any atom is -0.356 e. The molecule has 0 aliphatic carbocycles. The van der Waals surface area contributed by atoms with E-state index in [9.17, 15) is 4.79 Å². The second kappa shape index (κ2) is 3.14. The van der Waals surface area contributed by atoms with Crippen LogP contribution in [0.2, 0.25) is 0 Å². The number of aryl methyl sites for hydroxylation is 1. The van der Waals surface area contributed by atoms with Crippen LogP contribution < -0.4 is 5.32 Å². The number of aromatic nitrogens is 1. The third kappa shape index (κ3) is 1.46. The first kappa shape index (κ1) is 8.74. The van der Waals surface area contributed by atoms with Crippen LogP contribution in [-0.4, -0.2) is 11.1 Å². The van der Waals surface area contributed by atoms with Crippen LogP contribution in [0.4, 0.5) is 5.69 Å². The zero-order chi connectivity index (χ0) is 10.1. The number of amides is 1. The zero-order valence-electron chi connectivity index (χ0n) is 8.00. The van der Waals surface area contributed by atoms with Gasteiger partial charge in [0.2, 0.25) is 5.91 Å². The lowest BCUT2D eigenvalue weighted by Crippen LogP contribution is -2.05. The SMILES string of the molecule is CC(=O)Nc1ccc2c(C)noc2c1. The fraction of sp³-hybridized carbons (Fsp3) is 0.200. The smallest absolute Gasteiger partial charge is 0.221 e. The van der Waals surface area contributed by atoms with Gasteiger partial charge in [0.1, 0.15) is 0 Å². The molecule has 1 N–H and O–H groups in total. The molecule has 1 amide bonds. The van der Waals surface area contributed by atoms with E-state index >= 15 is 0 Å². The Morgan fingerprint density at radius 2 is 2.29 bits per heavy atom. The van der Waals surface area contributed by atoms with E-state index in [-0.39, 0.29) is 5.91 Å². The summed E-state index contributed by atoms with van der Waals surface area (Å²) in [5.74, 6) is -0.0967. The van der Waals surface area contributed by atoms with Gasteiger partial charge in [0.25, 0.3) is 0 Å². The van der Waals surface area contributed by atoms with E-state index in [4.69, 9.17) is 4.52 Å². The highest BCUT2D eigenvalue weighted by Gasteiger charge is 2.04. The second-order valence-electron chi connectivity index (χ2n) is 3.16. The number of benzene rings is 1. The summed E-state index contributed by atoms with van der Waals surface area (Å²) in [5.41, 5.74) is 2.27. The highest BCUT2D eigenvalue weighted by atomic mass is 16.5. The molecule has 2 rings (SSSR count). The summed E-state index contributed by atoms with van der Waals surface area (Å²) < 4.78 is 5.07. The van der Waals surface area contributed by atoms with Gasteiger partial charge in [-0.25, -0.2) is 0 Å². The van der Waals surface area contributed by atoms with Gasteiger partial charge in [0.05, 0.1) is 5.69 Å². The molecule has 1 heterocycles. The van der Waals surface area contributed by atoms with E-state index < -0.39 is 0 Å². The van der Waals surface area contributed by atoms with Crippen molar-refractivity contribution in [2.45, 2.75) is 13.8 Å². The fourth-order valence-corrected chi connectivity index (χ4v) is 1.34. The summed E-state index contributed by atoms with van der Waals surface area (Å²) in [6, 6.07) is 5.47. The molecule has 0 fully saturated rings. The zero-order valence-corrected chi connectivity index (χ0v) is 8.00. The Kier molecular flexibility index (Phi) is 1.96. The predicted molar refractivity (Wildman–Crippen MR) is 53.0 cm³/mol. The molecule has 1 aromatic heterocycles. The van der Waals surface area contributed by atoms with Gasteiger partial charge in [0.15, 0.2) is 5.58 Å². The van der Waals surface area contributed by atoms with Crippen LogP contribution >= 0.6 is 0 Å². The summed E-state index contributed by atoms with van der Waals surface area (Å²) in [7, 11) is 0. The second-order valence-corrected chi connectivity index (χ2v) is 3.16. The number of nitrogens with one attached hydrogen (secondary N) is 1. The molecule has 0 aliphatic heterocycles. The molecule has 72 valence electrons. The first-order valence-electron chi connectivity index (χ1n) is 4.30. The monoisotopic (exact) mass is 190 g/mol. The lowest BCUT2D eigenvalue weighted by molar-refractivity contribution is -0.114. The summed E-state index contributed by atoms with van der Waals surface area (Å²) in [6.45, 7) is 3.35. The van der Waals surface area contributed by atoms with Crippen molar-refractivity contribution < 1.29 is 9.32 Å². The summed E-state index contributed by atoms with van der Waals surface area (Å²) in [4.78, 5) is 10.8. The Hall–Kier alpha value is -1.84. The Bertz CT molecular complexity index is 488. The molecule has 0 atom stereocenters. The molecule has 0 saturated heterocycles. The van der Waals surface area contributed by atoms with Crippen LogP contribution in [0.25, 0.3) is 11.0 Å². The maximum atomic E-state index is 10.8. The molecule has 1 aromatic carbocycles. The normalized spacial score (nSPS) is 10.4. The number of hydrogen-bond donors (Lipinski definition) is 1. The van der Waals surface area contributed by atoms with E-state index in [0.29, 0.717) is 5.58 Å². The number of carbonyl (C=O) groups is 1. The Balaban J connectivity index is 2.46. The third-order valence-corrected chi connectivity index (χ3v) is 1.97. The molecule has 4 nitrogen and oxygen atoms in total. The highest BCUT2D eigenvalue weighted by molar-refractivity contribution is 5.92. The number of carbonyl (C=O) groups excluding carboxylic acids is 1. The average Bonchev–Trinajstić information content (AvgIpc) is 2.46. The maximum Gasteiger partial charge on any atom is 0.221 e. The van der Waals surface area contributed by atoms with Gasteiger partial charge in [-0.15, -0.1) is 0 Å². The molecule has 2 aromatic rings. The van der Waals surface area contributed by atoms with Gasteiger partial charge in [-0.3, -0.25) is 4.79 Å². The van der Waals surface area contributed by atoms with Crippen LogP contribution in [-0.2, 0) is 4.79 Å². The number of nitrogens with zero attached hydrogens (tertiary/aromatic N) is 1. The fourth-order valence-electron chi connectivity index (χ4n) is 1.34. The summed E-state index contributed by atoms with van der Waals surface area (Å²) >= 11 is 0. The van der Waals surface area contributed by atoms with Crippen molar-refractivity contribution in [3.8, 4) is 0 Å². The van der Waals surface area contributed by atoms with Crippen LogP contribution in [0, 0.1) is 6.92 Å². The lowest BCUT2D eigenvalue weighted by Gasteiger charge is -1.99. The van der Waals surface area contributed by atoms with Gasteiger partial charge in [-0.05, 0) is 19.1 Å². The van der Waals surface area contributed by atoms with Gasteiger partial charge in [-0.2, -0.15) is 0 Å². The molecule has 0 spiro atoms. The topological polar surface area (TPSA) is 55.1 Å². The van der Waals surface area contributed by atoms with Crippen LogP contribution in [0.3, 0.4) is 0 Å². The van der Waals surface area contributed by atoms with Gasteiger partial charge in [0, 0.05) is 24.1 Å². The Labute approximate surface area is 80.9 Å². The van der Waals surface area contributed by atoms with E-state index in [1.165, 1.54) is 6.92 Å². The maximum absolute atomic E-state index is 10.8. The van der Waals surface area contributed by atoms with Crippen LogP contribution in [0.15, 0.2) is 22.7 Å². The first-order chi connectivity index (χ1) is 6.66. The largest absolute Gasteiger partial charge is 0.356 e. The minimum atomic E-state index is -0.0967. The van der Waals surface area contributed by atoms with Crippen molar-refractivity contribution in [2.75, 3.05) is 5.32 Å².